The van der Waals surface area contributed by atoms with E-state index in [1.807, 2.05) is 0 Å². The van der Waals surface area contributed by atoms with Crippen LogP contribution in [-0.4, -0.2) is 17.0 Å². The van der Waals surface area contributed by atoms with Crippen LogP contribution in [0.3, 0.4) is 0 Å². The molecule has 0 amide bonds. The van der Waals surface area contributed by atoms with E-state index in [9.17, 15) is 0 Å². The van der Waals surface area contributed by atoms with Crippen molar-refractivity contribution in [2.24, 2.45) is 0 Å². The first-order chi connectivity index (χ1) is 5.47. The van der Waals surface area contributed by atoms with E-state index >= 15 is 0 Å². The molecule has 0 saturated heterocycles. The molecule has 48 valence electrons. The lowest BCUT2D eigenvalue weighted by Crippen LogP contribution is -1.86. The van der Waals surface area contributed by atoms with Crippen molar-refractivity contribution in [3.05, 3.63) is 17.5 Å². The lowest BCUT2D eigenvalue weighted by molar-refractivity contribution is 0.397. The number of nitrogens with zero attached hydrogens (tertiary/aromatic N) is 2. The highest BCUT2D eigenvalue weighted by atomic mass is 35.5. The van der Waals surface area contributed by atoms with Gasteiger partial charge < -0.3 is 4.74 Å². The van der Waals surface area contributed by atoms with Gasteiger partial charge in [-0.15, -0.1) is 0 Å². The SMILES string of the molecule is [2H]C([2H])([2H])Oc1cc(Cl)ncn1. The molecule has 0 aromatic carbocycles. The smallest absolute Gasteiger partial charge is 0.217 e. The van der Waals surface area contributed by atoms with Crippen LogP contribution in [-0.2, 0) is 0 Å². The number of rotatable bonds is 1. The molecule has 1 rings (SSSR count). The minimum atomic E-state index is -2.50. The zero-order chi connectivity index (χ0) is 9.19. The van der Waals surface area contributed by atoms with Crippen LogP contribution in [0, 0.1) is 0 Å². The van der Waals surface area contributed by atoms with Gasteiger partial charge in [0.25, 0.3) is 0 Å². The van der Waals surface area contributed by atoms with Crippen LogP contribution < -0.4 is 4.74 Å². The van der Waals surface area contributed by atoms with Gasteiger partial charge in [-0.25, -0.2) is 9.97 Å². The molecule has 0 atom stereocenters. The Kier molecular flexibility index (Phi) is 0.987. The molecule has 0 fully saturated rings. The maximum atomic E-state index is 6.75. The first-order valence-corrected chi connectivity index (χ1v) is 2.52. The van der Waals surface area contributed by atoms with Crippen molar-refractivity contribution >= 4 is 11.6 Å². The second-order valence-corrected chi connectivity index (χ2v) is 1.67. The highest BCUT2D eigenvalue weighted by molar-refractivity contribution is 6.29. The normalized spacial score (nSPS) is 15.4. The monoisotopic (exact) mass is 147 g/mol. The molecule has 4 heteroatoms. The fourth-order valence-electron chi connectivity index (χ4n) is 0.373. The predicted octanol–water partition coefficient (Wildman–Crippen LogP) is 1.14. The highest BCUT2D eigenvalue weighted by Crippen LogP contribution is 2.09. The average Bonchev–Trinajstić information content (AvgIpc) is 1.82. The van der Waals surface area contributed by atoms with Gasteiger partial charge in [-0.3, -0.25) is 0 Å². The fourth-order valence-corrected chi connectivity index (χ4v) is 0.510. The third-order valence-electron chi connectivity index (χ3n) is 0.713. The van der Waals surface area contributed by atoms with Crippen molar-refractivity contribution in [3.8, 4) is 5.88 Å². The maximum Gasteiger partial charge on any atom is 0.217 e. The molecule has 1 aromatic heterocycles. The van der Waals surface area contributed by atoms with Crippen LogP contribution in [0.4, 0.5) is 0 Å². The van der Waals surface area contributed by atoms with Gasteiger partial charge in [-0.2, -0.15) is 0 Å². The van der Waals surface area contributed by atoms with Crippen molar-refractivity contribution in [1.29, 1.82) is 0 Å². The fraction of sp³-hybridized carbons (Fsp3) is 0.200. The Hall–Kier alpha value is -0.830. The van der Waals surface area contributed by atoms with Gasteiger partial charge in [0, 0.05) is 6.07 Å². The third kappa shape index (κ3) is 1.54. The Bertz CT molecular complexity index is 278. The van der Waals surface area contributed by atoms with Gasteiger partial charge in [0.15, 0.2) is 0 Å². The summed E-state index contributed by atoms with van der Waals surface area (Å²) >= 11 is 5.46. The summed E-state index contributed by atoms with van der Waals surface area (Å²) < 4.78 is 24.7. The largest absolute Gasteiger partial charge is 0.481 e. The molecule has 0 unspecified atom stereocenters. The lowest BCUT2D eigenvalue weighted by atomic mass is 10.6. The van der Waals surface area contributed by atoms with Crippen molar-refractivity contribution < 1.29 is 8.85 Å². The summed E-state index contributed by atoms with van der Waals surface area (Å²) in [6.45, 7) is 0. The quantitative estimate of drug-likeness (QED) is 0.559. The summed E-state index contributed by atoms with van der Waals surface area (Å²) in [7, 11) is -2.50. The van der Waals surface area contributed by atoms with Crippen LogP contribution in [0.2, 0.25) is 5.15 Å². The lowest BCUT2D eigenvalue weighted by Gasteiger charge is -1.94. The van der Waals surface area contributed by atoms with Crippen LogP contribution in [0.5, 0.6) is 5.88 Å². The van der Waals surface area contributed by atoms with E-state index in [2.05, 4.69) is 14.7 Å². The van der Waals surface area contributed by atoms with Crippen LogP contribution >= 0.6 is 11.6 Å². The van der Waals surface area contributed by atoms with Crippen molar-refractivity contribution in [1.82, 2.24) is 9.97 Å². The molecular weight excluding hydrogens is 140 g/mol. The van der Waals surface area contributed by atoms with Crippen molar-refractivity contribution in [3.63, 3.8) is 0 Å². The molecule has 3 nitrogen and oxygen atoms in total. The first-order valence-electron chi connectivity index (χ1n) is 3.64. The molecular formula is C5H5ClN2O. The summed E-state index contributed by atoms with van der Waals surface area (Å²) in [4.78, 5) is 7.11. The Morgan fingerprint density at radius 1 is 1.78 bits per heavy atom. The van der Waals surface area contributed by atoms with Gasteiger partial charge in [-0.05, 0) is 0 Å². The molecule has 1 heterocycles. The second kappa shape index (κ2) is 2.64. The van der Waals surface area contributed by atoms with Crippen LogP contribution in [0.25, 0.3) is 0 Å². The molecule has 0 radical (unpaired) electrons. The number of ether oxygens (including phenoxy) is 1. The minimum absolute atomic E-state index is 0.0602. The molecule has 0 saturated carbocycles. The zero-order valence-electron chi connectivity index (χ0n) is 7.34. The molecule has 0 aliphatic rings. The van der Waals surface area contributed by atoms with Gasteiger partial charge >= 0.3 is 0 Å². The average molecular weight is 148 g/mol. The Labute approximate surface area is 61.9 Å². The molecule has 0 aliphatic heterocycles. The van der Waals surface area contributed by atoms with E-state index in [1.165, 1.54) is 6.07 Å². The van der Waals surface area contributed by atoms with E-state index in [4.69, 9.17) is 15.7 Å². The molecule has 0 N–H and O–H groups in total. The summed E-state index contributed by atoms with van der Waals surface area (Å²) in [5, 5.41) is 0.143. The van der Waals surface area contributed by atoms with Crippen molar-refractivity contribution in [2.45, 2.75) is 0 Å². The Morgan fingerprint density at radius 3 is 3.33 bits per heavy atom. The number of aromatic nitrogens is 2. The van der Waals surface area contributed by atoms with Crippen molar-refractivity contribution in [2.75, 3.05) is 7.04 Å². The van der Waals surface area contributed by atoms with E-state index in [0.717, 1.165) is 6.33 Å². The van der Waals surface area contributed by atoms with E-state index in [0.29, 0.717) is 0 Å². The number of hydrogen-bond acceptors (Lipinski definition) is 3. The minimum Gasteiger partial charge on any atom is -0.481 e. The number of hydrogen-bond donors (Lipinski definition) is 0. The highest BCUT2D eigenvalue weighted by Gasteiger charge is 1.91. The van der Waals surface area contributed by atoms with Crippen LogP contribution in [0.1, 0.15) is 4.11 Å². The Balaban J connectivity index is 2.77. The van der Waals surface area contributed by atoms with E-state index in [-0.39, 0.29) is 11.0 Å². The van der Waals surface area contributed by atoms with Gasteiger partial charge in [0.1, 0.15) is 11.5 Å². The number of halogens is 1. The summed E-state index contributed by atoms with van der Waals surface area (Å²) in [5.74, 6) is -0.0602. The van der Waals surface area contributed by atoms with E-state index < -0.39 is 7.04 Å². The Morgan fingerprint density at radius 2 is 2.67 bits per heavy atom. The van der Waals surface area contributed by atoms with Gasteiger partial charge in [0.2, 0.25) is 5.88 Å². The topological polar surface area (TPSA) is 35.0 Å². The first kappa shape index (κ1) is 3.37. The zero-order valence-corrected chi connectivity index (χ0v) is 5.09. The predicted molar refractivity (Wildman–Crippen MR) is 33.6 cm³/mol. The standard InChI is InChI=1S/C5H5ClN2O/c1-9-5-2-4(6)7-3-8-5/h2-3H,1H3/i1D3. The second-order valence-electron chi connectivity index (χ2n) is 1.28. The maximum absolute atomic E-state index is 6.75. The molecule has 9 heavy (non-hydrogen) atoms. The van der Waals surface area contributed by atoms with Crippen LogP contribution in [0.15, 0.2) is 12.4 Å². The molecule has 0 bridgehead atoms. The van der Waals surface area contributed by atoms with Gasteiger partial charge in [-0.1, -0.05) is 11.6 Å². The number of methoxy groups -OCH3 is 1. The summed E-state index contributed by atoms with van der Waals surface area (Å²) in [6, 6.07) is 1.23. The third-order valence-corrected chi connectivity index (χ3v) is 0.920. The van der Waals surface area contributed by atoms with E-state index in [1.54, 1.807) is 0 Å². The molecule has 0 aliphatic carbocycles. The summed E-state index contributed by atoms with van der Waals surface area (Å²) in [5.41, 5.74) is 0. The molecule has 0 spiro atoms. The summed E-state index contributed by atoms with van der Waals surface area (Å²) in [6.07, 6.45) is 1.13. The van der Waals surface area contributed by atoms with Gasteiger partial charge in [0.05, 0.1) is 11.2 Å². The molecule has 1 aromatic rings.